The van der Waals surface area contributed by atoms with Gasteiger partial charge < -0.3 is 11.1 Å². The molecule has 5 heteroatoms. The van der Waals surface area contributed by atoms with Gasteiger partial charge in [-0.15, -0.1) is 6.58 Å². The highest BCUT2D eigenvalue weighted by atomic mass is 16.6. The molecular weight excluding hydrogens is 206 g/mol. The van der Waals surface area contributed by atoms with Crippen molar-refractivity contribution < 1.29 is 4.92 Å². The topological polar surface area (TPSA) is 81.2 Å². The molecule has 0 aromatic heterocycles. The van der Waals surface area contributed by atoms with E-state index in [9.17, 15) is 10.1 Å². The van der Waals surface area contributed by atoms with Gasteiger partial charge in [-0.3, -0.25) is 10.1 Å². The van der Waals surface area contributed by atoms with E-state index < -0.39 is 4.92 Å². The van der Waals surface area contributed by atoms with Gasteiger partial charge in [0.2, 0.25) is 0 Å². The zero-order chi connectivity index (χ0) is 12.0. The average Bonchev–Trinajstić information content (AvgIpc) is 2.29. The highest BCUT2D eigenvalue weighted by Gasteiger charge is 2.08. The molecule has 0 unspecified atom stereocenters. The fourth-order valence-electron chi connectivity index (χ4n) is 1.39. The van der Waals surface area contributed by atoms with E-state index >= 15 is 0 Å². The molecule has 0 fully saturated rings. The molecule has 1 rings (SSSR count). The van der Waals surface area contributed by atoms with Crippen LogP contribution in [0.25, 0.3) is 0 Å². The number of non-ortho nitro benzene ring substituents is 1. The summed E-state index contributed by atoms with van der Waals surface area (Å²) in [5.41, 5.74) is 7.19. The van der Waals surface area contributed by atoms with Crippen molar-refractivity contribution >= 4 is 5.69 Å². The minimum atomic E-state index is -0.407. The van der Waals surface area contributed by atoms with Gasteiger partial charge in [-0.1, -0.05) is 12.1 Å². The third-order valence-electron chi connectivity index (χ3n) is 2.10. The Kier molecular flexibility index (Phi) is 4.63. The number of rotatable bonds is 6. The molecule has 16 heavy (non-hydrogen) atoms. The molecule has 0 atom stereocenters. The van der Waals surface area contributed by atoms with Crippen LogP contribution in [0.15, 0.2) is 30.9 Å². The molecule has 0 aliphatic rings. The van der Waals surface area contributed by atoms with E-state index in [-0.39, 0.29) is 5.69 Å². The van der Waals surface area contributed by atoms with Crippen LogP contribution in [-0.4, -0.2) is 11.5 Å². The summed E-state index contributed by atoms with van der Waals surface area (Å²) in [6.45, 7) is 5.12. The van der Waals surface area contributed by atoms with E-state index in [1.807, 2.05) is 6.07 Å². The summed E-state index contributed by atoms with van der Waals surface area (Å²) in [7, 11) is 0. The fourth-order valence-corrected chi connectivity index (χ4v) is 1.39. The highest BCUT2D eigenvalue weighted by molar-refractivity contribution is 5.39. The Morgan fingerprint density at radius 2 is 2.12 bits per heavy atom. The van der Waals surface area contributed by atoms with Crippen molar-refractivity contribution in [3.63, 3.8) is 0 Å². The number of nitro benzene ring substituents is 1. The number of nitro groups is 1. The molecule has 0 bridgehead atoms. The zero-order valence-corrected chi connectivity index (χ0v) is 8.98. The number of hydrogen-bond donors (Lipinski definition) is 2. The molecule has 1 aromatic carbocycles. The molecule has 0 aliphatic carbocycles. The molecule has 0 saturated heterocycles. The van der Waals surface area contributed by atoms with Crippen LogP contribution in [0.2, 0.25) is 0 Å². The maximum absolute atomic E-state index is 10.7. The van der Waals surface area contributed by atoms with Crippen molar-refractivity contribution in [2.45, 2.75) is 13.1 Å². The van der Waals surface area contributed by atoms with Crippen LogP contribution in [0, 0.1) is 10.1 Å². The fraction of sp³-hybridized carbons (Fsp3) is 0.273. The smallest absolute Gasteiger partial charge is 0.270 e. The second-order valence-electron chi connectivity index (χ2n) is 3.39. The molecule has 0 radical (unpaired) electrons. The Balaban J connectivity index is 2.86. The molecular formula is C11H15N3O2. The van der Waals surface area contributed by atoms with Crippen molar-refractivity contribution in [3.8, 4) is 0 Å². The van der Waals surface area contributed by atoms with Crippen molar-refractivity contribution in [1.82, 2.24) is 5.32 Å². The van der Waals surface area contributed by atoms with Gasteiger partial charge in [-0.25, -0.2) is 0 Å². The number of nitrogens with two attached hydrogens (primary N) is 1. The van der Waals surface area contributed by atoms with Crippen LogP contribution < -0.4 is 11.1 Å². The van der Waals surface area contributed by atoms with Crippen molar-refractivity contribution in [2.24, 2.45) is 5.73 Å². The summed E-state index contributed by atoms with van der Waals surface area (Å²) in [4.78, 5) is 10.3. The summed E-state index contributed by atoms with van der Waals surface area (Å²) < 4.78 is 0. The third kappa shape index (κ3) is 3.45. The zero-order valence-electron chi connectivity index (χ0n) is 8.98. The lowest BCUT2D eigenvalue weighted by Crippen LogP contribution is -2.13. The van der Waals surface area contributed by atoms with Gasteiger partial charge >= 0.3 is 0 Å². The van der Waals surface area contributed by atoms with E-state index in [0.29, 0.717) is 19.6 Å². The first-order valence-corrected chi connectivity index (χ1v) is 4.96. The van der Waals surface area contributed by atoms with Gasteiger partial charge in [0.25, 0.3) is 5.69 Å². The van der Waals surface area contributed by atoms with Crippen LogP contribution in [-0.2, 0) is 13.1 Å². The number of hydrogen-bond acceptors (Lipinski definition) is 4. The number of nitrogens with zero attached hydrogens (tertiary/aromatic N) is 1. The van der Waals surface area contributed by atoms with Crippen LogP contribution in [0.4, 0.5) is 5.69 Å². The summed E-state index contributed by atoms with van der Waals surface area (Å²) in [5.74, 6) is 0. The molecule has 0 saturated carbocycles. The Morgan fingerprint density at radius 1 is 1.44 bits per heavy atom. The van der Waals surface area contributed by atoms with Gasteiger partial charge in [-0.05, 0) is 11.1 Å². The molecule has 0 amide bonds. The second kappa shape index (κ2) is 5.99. The molecule has 3 N–H and O–H groups in total. The second-order valence-corrected chi connectivity index (χ2v) is 3.39. The lowest BCUT2D eigenvalue weighted by molar-refractivity contribution is -0.385. The third-order valence-corrected chi connectivity index (χ3v) is 2.10. The summed E-state index contributed by atoms with van der Waals surface area (Å²) >= 11 is 0. The maximum atomic E-state index is 10.7. The van der Waals surface area contributed by atoms with Gasteiger partial charge in [-0.2, -0.15) is 0 Å². The van der Waals surface area contributed by atoms with Crippen molar-refractivity contribution in [1.29, 1.82) is 0 Å². The van der Waals surface area contributed by atoms with Crippen LogP contribution in [0.3, 0.4) is 0 Å². The SMILES string of the molecule is C=CCNCc1cc(CN)cc([N+](=O)[O-])c1. The van der Waals surface area contributed by atoms with Crippen molar-refractivity contribution in [2.75, 3.05) is 6.54 Å². The standard InChI is InChI=1S/C11H15N3O2/c1-2-3-13-8-10-4-9(7-12)5-11(6-10)14(15)16/h2,4-6,13H,1,3,7-8,12H2. The number of nitrogens with one attached hydrogen (secondary N) is 1. The number of benzene rings is 1. The van der Waals surface area contributed by atoms with Crippen LogP contribution in [0.1, 0.15) is 11.1 Å². The first-order chi connectivity index (χ1) is 7.67. The van der Waals surface area contributed by atoms with Crippen molar-refractivity contribution in [3.05, 3.63) is 52.1 Å². The summed E-state index contributed by atoms with van der Waals surface area (Å²) in [6.07, 6.45) is 1.74. The quantitative estimate of drug-likeness (QED) is 0.328. The van der Waals surface area contributed by atoms with E-state index in [2.05, 4.69) is 11.9 Å². The Bertz CT molecular complexity index is 391. The van der Waals surface area contributed by atoms with E-state index in [1.165, 1.54) is 6.07 Å². The predicted molar refractivity (Wildman–Crippen MR) is 62.9 cm³/mol. The lowest BCUT2D eigenvalue weighted by atomic mass is 10.1. The lowest BCUT2D eigenvalue weighted by Gasteiger charge is -2.05. The van der Waals surface area contributed by atoms with Gasteiger partial charge in [0.15, 0.2) is 0 Å². The summed E-state index contributed by atoms with van der Waals surface area (Å²) in [5, 5.41) is 13.8. The molecule has 0 heterocycles. The van der Waals surface area contributed by atoms with Crippen LogP contribution >= 0.6 is 0 Å². The molecule has 86 valence electrons. The summed E-state index contributed by atoms with van der Waals surface area (Å²) in [6, 6.07) is 4.91. The Labute approximate surface area is 94.1 Å². The van der Waals surface area contributed by atoms with E-state index in [4.69, 9.17) is 5.73 Å². The van der Waals surface area contributed by atoms with E-state index in [1.54, 1.807) is 12.1 Å². The highest BCUT2D eigenvalue weighted by Crippen LogP contribution is 2.16. The average molecular weight is 221 g/mol. The molecule has 5 nitrogen and oxygen atoms in total. The molecule has 0 spiro atoms. The Hall–Kier alpha value is -1.72. The monoisotopic (exact) mass is 221 g/mol. The van der Waals surface area contributed by atoms with E-state index in [0.717, 1.165) is 11.1 Å². The maximum Gasteiger partial charge on any atom is 0.270 e. The minimum Gasteiger partial charge on any atom is -0.326 e. The minimum absolute atomic E-state index is 0.0818. The first kappa shape index (κ1) is 12.4. The molecule has 0 aliphatic heterocycles. The predicted octanol–water partition coefficient (Wildman–Crippen LogP) is 1.33. The first-order valence-electron chi connectivity index (χ1n) is 4.96. The molecule has 1 aromatic rings. The Morgan fingerprint density at radius 3 is 2.69 bits per heavy atom. The largest absolute Gasteiger partial charge is 0.326 e. The van der Waals surface area contributed by atoms with Crippen LogP contribution in [0.5, 0.6) is 0 Å². The van der Waals surface area contributed by atoms with Gasteiger partial charge in [0.05, 0.1) is 4.92 Å². The van der Waals surface area contributed by atoms with Gasteiger partial charge in [0, 0.05) is 31.8 Å². The normalized spacial score (nSPS) is 10.1. The van der Waals surface area contributed by atoms with Gasteiger partial charge in [0.1, 0.15) is 0 Å².